The van der Waals surface area contributed by atoms with Crippen LogP contribution in [0, 0.1) is 6.92 Å². The maximum atomic E-state index is 5.28. The van der Waals surface area contributed by atoms with Crippen molar-refractivity contribution in [2.75, 3.05) is 20.2 Å². The highest BCUT2D eigenvalue weighted by Gasteiger charge is 2.00. The quantitative estimate of drug-likeness (QED) is 0.612. The van der Waals surface area contributed by atoms with Gasteiger partial charge in [0.05, 0.1) is 13.7 Å². The van der Waals surface area contributed by atoms with Crippen LogP contribution in [-0.2, 0) is 6.54 Å². The fraction of sp³-hybridized carbons (Fsp3) is 0.533. The third-order valence-electron chi connectivity index (χ3n) is 2.65. The molecule has 1 aromatic rings. The van der Waals surface area contributed by atoms with E-state index >= 15 is 0 Å². The van der Waals surface area contributed by atoms with Crippen LogP contribution in [0.4, 0.5) is 0 Å². The zero-order chi connectivity index (χ0) is 14.1. The number of nitrogens with one attached hydrogen (secondary N) is 2. The minimum atomic E-state index is 0.650. The molecule has 0 spiro atoms. The van der Waals surface area contributed by atoms with Crippen molar-refractivity contribution in [3.63, 3.8) is 0 Å². The molecular formula is C15H25N3O. The molecule has 4 heteroatoms. The second-order valence-electron chi connectivity index (χ2n) is 4.48. The molecular weight excluding hydrogens is 238 g/mol. The summed E-state index contributed by atoms with van der Waals surface area (Å²) in [6.07, 6.45) is 1.09. The Morgan fingerprint density at radius 2 is 2.00 bits per heavy atom. The predicted octanol–water partition coefficient (Wildman–Crippen LogP) is 2.47. The number of ether oxygens (including phenoxy) is 1. The normalized spacial score (nSPS) is 11.3. The molecule has 2 N–H and O–H groups in total. The van der Waals surface area contributed by atoms with Gasteiger partial charge in [0.25, 0.3) is 0 Å². The Labute approximate surface area is 116 Å². The Balaban J connectivity index is 2.72. The lowest BCUT2D eigenvalue weighted by Gasteiger charge is -2.10. The summed E-state index contributed by atoms with van der Waals surface area (Å²) < 4.78 is 5.28. The Kier molecular flexibility index (Phi) is 6.79. The second kappa shape index (κ2) is 8.40. The topological polar surface area (TPSA) is 45.7 Å². The van der Waals surface area contributed by atoms with E-state index in [0.717, 1.165) is 36.8 Å². The van der Waals surface area contributed by atoms with Gasteiger partial charge in [-0.25, -0.2) is 4.99 Å². The monoisotopic (exact) mass is 263 g/mol. The molecule has 0 heterocycles. The lowest BCUT2D eigenvalue weighted by atomic mass is 10.1. The molecule has 0 saturated heterocycles. The summed E-state index contributed by atoms with van der Waals surface area (Å²) in [6, 6.07) is 6.18. The first kappa shape index (κ1) is 15.3. The summed E-state index contributed by atoms with van der Waals surface area (Å²) in [5.74, 6) is 1.75. The van der Waals surface area contributed by atoms with E-state index in [-0.39, 0.29) is 0 Å². The summed E-state index contributed by atoms with van der Waals surface area (Å²) in [7, 11) is 1.69. The standard InChI is InChI=1S/C15H25N3O/c1-5-7-17-15(16-6-2)18-11-13-8-12(3)9-14(10-13)19-4/h8-10H,5-7,11H2,1-4H3,(H2,16,17,18). The van der Waals surface area contributed by atoms with E-state index in [4.69, 9.17) is 4.74 Å². The number of rotatable bonds is 6. The molecule has 0 bridgehead atoms. The van der Waals surface area contributed by atoms with E-state index in [1.807, 2.05) is 12.1 Å². The summed E-state index contributed by atoms with van der Waals surface area (Å²) >= 11 is 0. The number of hydrogen-bond donors (Lipinski definition) is 2. The third kappa shape index (κ3) is 5.64. The van der Waals surface area contributed by atoms with Gasteiger partial charge in [-0.3, -0.25) is 0 Å². The van der Waals surface area contributed by atoms with Gasteiger partial charge in [0.15, 0.2) is 5.96 Å². The van der Waals surface area contributed by atoms with Gasteiger partial charge < -0.3 is 15.4 Å². The highest BCUT2D eigenvalue weighted by molar-refractivity contribution is 5.79. The minimum absolute atomic E-state index is 0.650. The van der Waals surface area contributed by atoms with E-state index in [1.165, 1.54) is 5.56 Å². The molecule has 0 saturated carbocycles. The Bertz CT molecular complexity index is 416. The largest absolute Gasteiger partial charge is 0.497 e. The molecule has 1 aromatic carbocycles. The van der Waals surface area contributed by atoms with Crippen molar-refractivity contribution >= 4 is 5.96 Å². The van der Waals surface area contributed by atoms with E-state index < -0.39 is 0 Å². The number of aryl methyl sites for hydroxylation is 1. The molecule has 4 nitrogen and oxygen atoms in total. The van der Waals surface area contributed by atoms with Crippen LogP contribution in [0.2, 0.25) is 0 Å². The summed E-state index contributed by atoms with van der Waals surface area (Å²) in [6.45, 7) is 8.73. The van der Waals surface area contributed by atoms with Crippen LogP contribution < -0.4 is 15.4 Å². The Morgan fingerprint density at radius 1 is 1.21 bits per heavy atom. The molecule has 0 aromatic heterocycles. The van der Waals surface area contributed by atoms with Gasteiger partial charge in [-0.05, 0) is 43.5 Å². The van der Waals surface area contributed by atoms with Crippen molar-refractivity contribution in [3.05, 3.63) is 29.3 Å². The van der Waals surface area contributed by atoms with Crippen molar-refractivity contribution in [3.8, 4) is 5.75 Å². The zero-order valence-corrected chi connectivity index (χ0v) is 12.4. The van der Waals surface area contributed by atoms with Crippen LogP contribution in [0.1, 0.15) is 31.4 Å². The molecule has 0 aliphatic heterocycles. The van der Waals surface area contributed by atoms with Crippen molar-refractivity contribution in [1.29, 1.82) is 0 Å². The van der Waals surface area contributed by atoms with Gasteiger partial charge in [0.1, 0.15) is 5.75 Å². The van der Waals surface area contributed by atoms with Gasteiger partial charge in [-0.2, -0.15) is 0 Å². The fourth-order valence-electron chi connectivity index (χ4n) is 1.79. The molecule has 19 heavy (non-hydrogen) atoms. The highest BCUT2D eigenvalue weighted by Crippen LogP contribution is 2.16. The first-order valence-electron chi connectivity index (χ1n) is 6.86. The predicted molar refractivity (Wildman–Crippen MR) is 80.8 cm³/mol. The van der Waals surface area contributed by atoms with Crippen molar-refractivity contribution < 1.29 is 4.74 Å². The van der Waals surface area contributed by atoms with Gasteiger partial charge in [-0.15, -0.1) is 0 Å². The summed E-state index contributed by atoms with van der Waals surface area (Å²) in [5.41, 5.74) is 2.35. The van der Waals surface area contributed by atoms with Crippen LogP contribution >= 0.6 is 0 Å². The van der Waals surface area contributed by atoms with E-state index in [1.54, 1.807) is 7.11 Å². The molecule has 0 atom stereocenters. The molecule has 0 amide bonds. The lowest BCUT2D eigenvalue weighted by molar-refractivity contribution is 0.414. The maximum absolute atomic E-state index is 5.28. The number of nitrogens with zero attached hydrogens (tertiary/aromatic N) is 1. The first-order valence-corrected chi connectivity index (χ1v) is 6.86. The molecule has 0 aliphatic carbocycles. The third-order valence-corrected chi connectivity index (χ3v) is 2.65. The molecule has 0 aliphatic rings. The minimum Gasteiger partial charge on any atom is -0.497 e. The van der Waals surface area contributed by atoms with Crippen molar-refractivity contribution in [2.45, 2.75) is 33.7 Å². The molecule has 0 fully saturated rings. The van der Waals surface area contributed by atoms with Gasteiger partial charge in [0, 0.05) is 13.1 Å². The Morgan fingerprint density at radius 3 is 2.63 bits per heavy atom. The zero-order valence-electron chi connectivity index (χ0n) is 12.4. The molecule has 0 unspecified atom stereocenters. The van der Waals surface area contributed by atoms with E-state index in [2.05, 4.69) is 42.5 Å². The van der Waals surface area contributed by atoms with Gasteiger partial charge in [0.2, 0.25) is 0 Å². The lowest BCUT2D eigenvalue weighted by Crippen LogP contribution is -2.37. The SMILES string of the molecule is CCCNC(=NCc1cc(C)cc(OC)c1)NCC. The van der Waals surface area contributed by atoms with Crippen LogP contribution in [0.3, 0.4) is 0 Å². The maximum Gasteiger partial charge on any atom is 0.191 e. The van der Waals surface area contributed by atoms with Crippen molar-refractivity contribution in [1.82, 2.24) is 10.6 Å². The number of aliphatic imine (C=N–C) groups is 1. The molecule has 106 valence electrons. The average Bonchev–Trinajstić information content (AvgIpc) is 2.41. The van der Waals surface area contributed by atoms with Crippen LogP contribution in [0.25, 0.3) is 0 Å². The average molecular weight is 263 g/mol. The van der Waals surface area contributed by atoms with E-state index in [9.17, 15) is 0 Å². The summed E-state index contributed by atoms with van der Waals surface area (Å²) in [4.78, 5) is 4.58. The van der Waals surface area contributed by atoms with Crippen molar-refractivity contribution in [2.24, 2.45) is 4.99 Å². The van der Waals surface area contributed by atoms with Gasteiger partial charge >= 0.3 is 0 Å². The smallest absolute Gasteiger partial charge is 0.191 e. The number of methoxy groups -OCH3 is 1. The van der Waals surface area contributed by atoms with Crippen LogP contribution in [-0.4, -0.2) is 26.2 Å². The number of guanidine groups is 1. The first-order chi connectivity index (χ1) is 9.19. The Hall–Kier alpha value is -1.71. The van der Waals surface area contributed by atoms with Gasteiger partial charge in [-0.1, -0.05) is 13.0 Å². The second-order valence-corrected chi connectivity index (χ2v) is 4.48. The summed E-state index contributed by atoms with van der Waals surface area (Å²) in [5, 5.41) is 6.53. The van der Waals surface area contributed by atoms with E-state index in [0.29, 0.717) is 6.54 Å². The molecule has 0 radical (unpaired) electrons. The molecule has 1 rings (SSSR count). The fourth-order valence-corrected chi connectivity index (χ4v) is 1.79. The van der Waals surface area contributed by atoms with Crippen LogP contribution in [0.15, 0.2) is 23.2 Å². The number of hydrogen-bond acceptors (Lipinski definition) is 2. The highest BCUT2D eigenvalue weighted by atomic mass is 16.5. The van der Waals surface area contributed by atoms with Crippen LogP contribution in [0.5, 0.6) is 5.75 Å². The number of benzene rings is 1.